The predicted octanol–water partition coefficient (Wildman–Crippen LogP) is 2.10. The summed E-state index contributed by atoms with van der Waals surface area (Å²) >= 11 is 0. The van der Waals surface area contributed by atoms with Crippen LogP contribution in [0.4, 0.5) is 5.82 Å². The first-order valence-electron chi connectivity index (χ1n) is 10.5. The summed E-state index contributed by atoms with van der Waals surface area (Å²) in [5, 5.41) is 15.3. The van der Waals surface area contributed by atoms with Gasteiger partial charge in [-0.15, -0.1) is 0 Å². The number of benzene rings is 1. The van der Waals surface area contributed by atoms with Crippen molar-refractivity contribution in [3.05, 3.63) is 64.5 Å². The second-order valence-corrected chi connectivity index (χ2v) is 7.65. The Hall–Kier alpha value is -3.70. The van der Waals surface area contributed by atoms with E-state index in [0.717, 1.165) is 48.5 Å². The molecular formula is C23H23N7O. The fourth-order valence-corrected chi connectivity index (χ4v) is 4.45. The van der Waals surface area contributed by atoms with Gasteiger partial charge < -0.3 is 14.8 Å². The van der Waals surface area contributed by atoms with Gasteiger partial charge in [-0.25, -0.2) is 4.98 Å². The number of pyridine rings is 1. The molecule has 1 N–H and O–H groups in total. The van der Waals surface area contributed by atoms with Gasteiger partial charge in [0.15, 0.2) is 0 Å². The summed E-state index contributed by atoms with van der Waals surface area (Å²) in [6, 6.07) is 12.3. The lowest BCUT2D eigenvalue weighted by molar-refractivity contribution is 0.574. The van der Waals surface area contributed by atoms with Gasteiger partial charge in [0.05, 0.1) is 18.6 Å². The number of fused-ring (bicyclic) bond motifs is 2. The topological polar surface area (TPSA) is 91.8 Å². The molecule has 1 fully saturated rings. The van der Waals surface area contributed by atoms with E-state index in [4.69, 9.17) is 0 Å². The van der Waals surface area contributed by atoms with Crippen molar-refractivity contribution in [2.45, 2.75) is 20.0 Å². The van der Waals surface area contributed by atoms with Crippen molar-refractivity contribution in [3.8, 4) is 6.07 Å². The highest BCUT2D eigenvalue weighted by atomic mass is 16.1. The number of hydrogen-bond donors (Lipinski definition) is 1. The van der Waals surface area contributed by atoms with Crippen LogP contribution in [-0.4, -0.2) is 45.3 Å². The first-order valence-corrected chi connectivity index (χ1v) is 10.5. The number of piperazine rings is 1. The molecule has 0 aliphatic carbocycles. The maximum atomic E-state index is 13.5. The van der Waals surface area contributed by atoms with E-state index in [0.29, 0.717) is 29.7 Å². The molecule has 0 bridgehead atoms. The third-order valence-corrected chi connectivity index (χ3v) is 5.92. The summed E-state index contributed by atoms with van der Waals surface area (Å²) in [7, 11) is 0. The predicted molar refractivity (Wildman–Crippen MR) is 120 cm³/mol. The minimum atomic E-state index is -0.153. The second-order valence-electron chi connectivity index (χ2n) is 7.65. The molecule has 1 saturated heterocycles. The molecule has 0 saturated carbocycles. The highest BCUT2D eigenvalue weighted by molar-refractivity contribution is 5.89. The molecular weight excluding hydrogens is 390 g/mol. The molecule has 0 spiro atoms. The fraction of sp³-hybridized carbons (Fsp3) is 0.304. The van der Waals surface area contributed by atoms with Crippen molar-refractivity contribution in [2.24, 2.45) is 0 Å². The molecule has 0 amide bonds. The SMILES string of the molecule is CCn1c(N2CCNCC2)c(C#N)c2ncn(Cc3nccc4ccccc34)c(=O)c21. The zero-order valence-corrected chi connectivity index (χ0v) is 17.4. The van der Waals surface area contributed by atoms with Crippen LogP contribution in [0.1, 0.15) is 18.2 Å². The molecule has 5 rings (SSSR count). The number of aromatic nitrogens is 4. The zero-order chi connectivity index (χ0) is 21.4. The Bertz CT molecular complexity index is 1370. The van der Waals surface area contributed by atoms with Crippen molar-refractivity contribution in [3.63, 3.8) is 0 Å². The normalized spacial score (nSPS) is 14.3. The molecule has 1 aliphatic rings. The number of hydrogen-bond acceptors (Lipinski definition) is 6. The lowest BCUT2D eigenvalue weighted by Crippen LogP contribution is -2.44. The number of rotatable bonds is 4. The van der Waals surface area contributed by atoms with Gasteiger partial charge in [0, 0.05) is 44.3 Å². The Morgan fingerprint density at radius 2 is 1.97 bits per heavy atom. The minimum absolute atomic E-state index is 0.153. The van der Waals surface area contributed by atoms with Gasteiger partial charge in [-0.1, -0.05) is 24.3 Å². The Morgan fingerprint density at radius 3 is 2.74 bits per heavy atom. The number of nitriles is 1. The molecule has 4 heterocycles. The van der Waals surface area contributed by atoms with E-state index in [-0.39, 0.29) is 5.56 Å². The van der Waals surface area contributed by atoms with Crippen LogP contribution in [0.3, 0.4) is 0 Å². The van der Waals surface area contributed by atoms with E-state index in [9.17, 15) is 10.1 Å². The van der Waals surface area contributed by atoms with Crippen LogP contribution in [0.5, 0.6) is 0 Å². The summed E-state index contributed by atoms with van der Waals surface area (Å²) in [5.74, 6) is 0.798. The first-order chi connectivity index (χ1) is 15.2. The fourth-order valence-electron chi connectivity index (χ4n) is 4.45. The van der Waals surface area contributed by atoms with E-state index in [1.165, 1.54) is 6.33 Å². The number of nitrogens with zero attached hydrogens (tertiary/aromatic N) is 6. The number of nitrogens with one attached hydrogen (secondary N) is 1. The Kier molecular flexibility index (Phi) is 4.88. The van der Waals surface area contributed by atoms with Crippen LogP contribution < -0.4 is 15.8 Å². The van der Waals surface area contributed by atoms with Crippen LogP contribution in [0, 0.1) is 11.3 Å². The molecule has 1 aromatic carbocycles. The monoisotopic (exact) mass is 413 g/mol. The summed E-state index contributed by atoms with van der Waals surface area (Å²) in [6.07, 6.45) is 3.30. The summed E-state index contributed by atoms with van der Waals surface area (Å²) < 4.78 is 3.54. The van der Waals surface area contributed by atoms with Crippen molar-refractivity contribution in [1.82, 2.24) is 24.4 Å². The summed E-state index contributed by atoms with van der Waals surface area (Å²) in [4.78, 5) is 24.8. The van der Waals surface area contributed by atoms with Crippen LogP contribution in [0.2, 0.25) is 0 Å². The van der Waals surface area contributed by atoms with Gasteiger partial charge in [0.1, 0.15) is 28.5 Å². The van der Waals surface area contributed by atoms with E-state index >= 15 is 0 Å². The van der Waals surface area contributed by atoms with Crippen molar-refractivity contribution >= 4 is 27.6 Å². The van der Waals surface area contributed by atoms with Crippen LogP contribution in [-0.2, 0) is 13.1 Å². The number of aryl methyl sites for hydroxylation is 1. The third kappa shape index (κ3) is 3.14. The average Bonchev–Trinajstić information content (AvgIpc) is 3.15. The van der Waals surface area contributed by atoms with E-state index in [2.05, 4.69) is 26.3 Å². The van der Waals surface area contributed by atoms with Crippen molar-refractivity contribution in [2.75, 3.05) is 31.1 Å². The first kappa shape index (κ1) is 19.3. The Balaban J connectivity index is 1.67. The Morgan fingerprint density at radius 1 is 1.16 bits per heavy atom. The largest absolute Gasteiger partial charge is 0.354 e. The standard InChI is InChI=1S/C23H23N7O/c1-2-30-21-20(18(13-24)22(30)28-11-9-25-10-12-28)27-15-29(23(21)31)14-19-17-6-4-3-5-16(17)7-8-26-19/h3-8,15,25H,2,9-12,14H2,1H3. The van der Waals surface area contributed by atoms with E-state index < -0.39 is 0 Å². The molecule has 8 nitrogen and oxygen atoms in total. The van der Waals surface area contributed by atoms with Gasteiger partial charge >= 0.3 is 0 Å². The smallest absolute Gasteiger partial charge is 0.278 e. The lowest BCUT2D eigenvalue weighted by atomic mass is 10.1. The van der Waals surface area contributed by atoms with Gasteiger partial charge in [-0.05, 0) is 18.4 Å². The highest BCUT2D eigenvalue weighted by Gasteiger charge is 2.26. The maximum absolute atomic E-state index is 13.5. The van der Waals surface area contributed by atoms with Crippen LogP contribution in [0.25, 0.3) is 21.8 Å². The van der Waals surface area contributed by atoms with E-state index in [1.54, 1.807) is 10.8 Å². The van der Waals surface area contributed by atoms with Gasteiger partial charge in [0.25, 0.3) is 5.56 Å². The molecule has 156 valence electrons. The molecule has 0 radical (unpaired) electrons. The number of anilines is 1. The molecule has 1 aliphatic heterocycles. The zero-order valence-electron chi connectivity index (χ0n) is 17.4. The average molecular weight is 413 g/mol. The molecule has 8 heteroatoms. The summed E-state index contributed by atoms with van der Waals surface area (Å²) in [6.45, 7) is 6.18. The summed E-state index contributed by atoms with van der Waals surface area (Å²) in [5.41, 5.74) is 2.10. The van der Waals surface area contributed by atoms with Gasteiger partial charge in [-0.2, -0.15) is 5.26 Å². The lowest BCUT2D eigenvalue weighted by Gasteiger charge is -2.30. The van der Waals surface area contributed by atoms with Crippen LogP contribution >= 0.6 is 0 Å². The molecule has 31 heavy (non-hydrogen) atoms. The van der Waals surface area contributed by atoms with Gasteiger partial charge in [-0.3, -0.25) is 14.3 Å². The maximum Gasteiger partial charge on any atom is 0.278 e. The highest BCUT2D eigenvalue weighted by Crippen LogP contribution is 2.30. The van der Waals surface area contributed by atoms with Crippen molar-refractivity contribution in [1.29, 1.82) is 5.26 Å². The third-order valence-electron chi connectivity index (χ3n) is 5.92. The van der Waals surface area contributed by atoms with Crippen LogP contribution in [0.15, 0.2) is 47.7 Å². The molecule has 0 unspecified atom stereocenters. The minimum Gasteiger partial charge on any atom is -0.354 e. The Labute approximate surface area is 179 Å². The molecule has 4 aromatic rings. The quantitative estimate of drug-likeness (QED) is 0.551. The molecule has 3 aromatic heterocycles. The van der Waals surface area contributed by atoms with Crippen molar-refractivity contribution < 1.29 is 0 Å². The second kappa shape index (κ2) is 7.85. The molecule has 0 atom stereocenters. The van der Waals surface area contributed by atoms with Gasteiger partial charge in [0.2, 0.25) is 0 Å². The van der Waals surface area contributed by atoms with E-state index in [1.807, 2.05) is 41.8 Å².